The Balaban J connectivity index is 1.33. The van der Waals surface area contributed by atoms with Gasteiger partial charge in [-0.05, 0) is 55.5 Å². The molecule has 1 N–H and O–H groups in total. The molecule has 2 heterocycles. The maximum Gasteiger partial charge on any atom is 0.244 e. The van der Waals surface area contributed by atoms with Crippen LogP contribution in [0.4, 0.5) is 5.69 Å². The van der Waals surface area contributed by atoms with Crippen molar-refractivity contribution in [3.8, 4) is 17.2 Å². The van der Waals surface area contributed by atoms with Crippen molar-refractivity contribution in [3.63, 3.8) is 0 Å². The highest BCUT2D eigenvalue weighted by Crippen LogP contribution is 2.35. The smallest absolute Gasteiger partial charge is 0.244 e. The normalized spacial score (nSPS) is 17.1. The lowest BCUT2D eigenvalue weighted by molar-refractivity contribution is -0.132. The van der Waals surface area contributed by atoms with Crippen LogP contribution in [0, 0.1) is 5.92 Å². The molecule has 2 aromatic rings. The number of likely N-dealkylation sites (tertiary alicyclic amines) is 1. The standard InChI is InChI=1S/C23H28N2O4/c1-16-8-10-25(11-9-16)23(26)17(2)24-19-5-3-4-18(12-19)14-27-20-6-7-21-22(13-20)29-15-28-21/h3-7,12-13,16-17,24H,8-11,14-15H2,1-2H3. The van der Waals surface area contributed by atoms with E-state index in [4.69, 9.17) is 14.2 Å². The fourth-order valence-corrected chi connectivity index (χ4v) is 3.70. The maximum atomic E-state index is 12.7. The van der Waals surface area contributed by atoms with Crippen molar-refractivity contribution in [1.29, 1.82) is 0 Å². The Morgan fingerprint density at radius 2 is 1.97 bits per heavy atom. The first-order valence-corrected chi connectivity index (χ1v) is 10.3. The zero-order chi connectivity index (χ0) is 20.2. The second kappa shape index (κ2) is 8.64. The molecule has 0 radical (unpaired) electrons. The van der Waals surface area contributed by atoms with Gasteiger partial charge in [0.25, 0.3) is 0 Å². The van der Waals surface area contributed by atoms with E-state index in [1.165, 1.54) is 0 Å². The summed E-state index contributed by atoms with van der Waals surface area (Å²) in [4.78, 5) is 14.7. The van der Waals surface area contributed by atoms with E-state index in [0.717, 1.165) is 48.7 Å². The minimum Gasteiger partial charge on any atom is -0.489 e. The first-order valence-electron chi connectivity index (χ1n) is 10.3. The second-order valence-corrected chi connectivity index (χ2v) is 7.88. The molecule has 1 saturated heterocycles. The Kier molecular flexibility index (Phi) is 5.79. The first kappa shape index (κ1) is 19.4. The molecule has 29 heavy (non-hydrogen) atoms. The van der Waals surface area contributed by atoms with Crippen molar-refractivity contribution in [2.24, 2.45) is 5.92 Å². The summed E-state index contributed by atoms with van der Waals surface area (Å²) in [5, 5.41) is 3.34. The Labute approximate surface area is 171 Å². The largest absolute Gasteiger partial charge is 0.489 e. The van der Waals surface area contributed by atoms with Crippen molar-refractivity contribution in [2.45, 2.75) is 39.3 Å². The average Bonchev–Trinajstić information content (AvgIpc) is 3.20. The van der Waals surface area contributed by atoms with E-state index < -0.39 is 0 Å². The monoisotopic (exact) mass is 396 g/mol. The zero-order valence-corrected chi connectivity index (χ0v) is 17.0. The predicted octanol–water partition coefficient (Wildman–Crippen LogP) is 4.05. The van der Waals surface area contributed by atoms with Crippen molar-refractivity contribution < 1.29 is 19.0 Å². The SMILES string of the molecule is CC1CCN(C(=O)C(C)Nc2cccc(COc3ccc4c(c3)OCO4)c2)CC1. The highest BCUT2D eigenvalue weighted by atomic mass is 16.7. The van der Waals surface area contributed by atoms with Gasteiger partial charge in [0.15, 0.2) is 11.5 Å². The predicted molar refractivity (Wildman–Crippen MR) is 111 cm³/mol. The molecule has 0 aromatic heterocycles. The van der Waals surface area contributed by atoms with E-state index in [9.17, 15) is 4.79 Å². The molecule has 1 fully saturated rings. The lowest BCUT2D eigenvalue weighted by atomic mass is 9.99. The van der Waals surface area contributed by atoms with Crippen LogP contribution in [0.1, 0.15) is 32.3 Å². The summed E-state index contributed by atoms with van der Waals surface area (Å²) in [5.41, 5.74) is 1.95. The Hall–Kier alpha value is -2.89. The third-order valence-corrected chi connectivity index (χ3v) is 5.53. The minimum absolute atomic E-state index is 0.166. The van der Waals surface area contributed by atoms with Crippen LogP contribution in [0.3, 0.4) is 0 Å². The number of rotatable bonds is 6. The Morgan fingerprint density at radius 1 is 1.17 bits per heavy atom. The summed E-state index contributed by atoms with van der Waals surface area (Å²) < 4.78 is 16.6. The van der Waals surface area contributed by atoms with Crippen molar-refractivity contribution in [3.05, 3.63) is 48.0 Å². The molecule has 0 saturated carbocycles. The molecule has 4 rings (SSSR count). The van der Waals surface area contributed by atoms with E-state index >= 15 is 0 Å². The number of hydrogen-bond donors (Lipinski definition) is 1. The summed E-state index contributed by atoms with van der Waals surface area (Å²) in [6.07, 6.45) is 2.18. The van der Waals surface area contributed by atoms with Crippen LogP contribution < -0.4 is 19.5 Å². The van der Waals surface area contributed by atoms with Gasteiger partial charge in [0.05, 0.1) is 0 Å². The Bertz CT molecular complexity index is 862. The topological polar surface area (TPSA) is 60.0 Å². The average molecular weight is 396 g/mol. The number of ether oxygens (including phenoxy) is 3. The molecule has 1 amide bonds. The number of fused-ring (bicyclic) bond motifs is 1. The Morgan fingerprint density at radius 3 is 2.79 bits per heavy atom. The van der Waals surface area contributed by atoms with Gasteiger partial charge in [0, 0.05) is 24.8 Å². The minimum atomic E-state index is -0.256. The van der Waals surface area contributed by atoms with Gasteiger partial charge in [-0.1, -0.05) is 19.1 Å². The van der Waals surface area contributed by atoms with E-state index in [-0.39, 0.29) is 18.7 Å². The van der Waals surface area contributed by atoms with Gasteiger partial charge >= 0.3 is 0 Å². The molecule has 1 unspecified atom stereocenters. The van der Waals surface area contributed by atoms with Gasteiger partial charge in [0.2, 0.25) is 12.7 Å². The number of amides is 1. The van der Waals surface area contributed by atoms with Gasteiger partial charge in [-0.2, -0.15) is 0 Å². The summed E-state index contributed by atoms with van der Waals surface area (Å²) in [7, 11) is 0. The van der Waals surface area contributed by atoms with E-state index in [1.807, 2.05) is 54.3 Å². The van der Waals surface area contributed by atoms with E-state index in [1.54, 1.807) is 0 Å². The summed E-state index contributed by atoms with van der Waals surface area (Å²) >= 11 is 0. The molecule has 6 heteroatoms. The van der Waals surface area contributed by atoms with E-state index in [2.05, 4.69) is 12.2 Å². The summed E-state index contributed by atoms with van der Waals surface area (Å²) in [6.45, 7) is 6.57. The highest BCUT2D eigenvalue weighted by Gasteiger charge is 2.24. The van der Waals surface area contributed by atoms with Crippen molar-refractivity contribution in [1.82, 2.24) is 4.90 Å². The molecule has 2 aromatic carbocycles. The quantitative estimate of drug-likeness (QED) is 0.798. The number of nitrogens with zero attached hydrogens (tertiary/aromatic N) is 1. The molecule has 154 valence electrons. The lowest BCUT2D eigenvalue weighted by Gasteiger charge is -2.32. The fraction of sp³-hybridized carbons (Fsp3) is 0.435. The van der Waals surface area contributed by atoms with Gasteiger partial charge in [-0.25, -0.2) is 0 Å². The number of nitrogens with one attached hydrogen (secondary N) is 1. The highest BCUT2D eigenvalue weighted by molar-refractivity contribution is 5.84. The number of anilines is 1. The van der Waals surface area contributed by atoms with Gasteiger partial charge in [-0.3, -0.25) is 4.79 Å². The van der Waals surface area contributed by atoms with Crippen molar-refractivity contribution >= 4 is 11.6 Å². The number of piperidine rings is 1. The molecule has 2 aliphatic heterocycles. The van der Waals surface area contributed by atoms with Crippen LogP contribution in [0.25, 0.3) is 0 Å². The first-order chi connectivity index (χ1) is 14.1. The molecular weight excluding hydrogens is 368 g/mol. The van der Waals surface area contributed by atoms with Gasteiger partial charge in [-0.15, -0.1) is 0 Å². The van der Waals surface area contributed by atoms with E-state index in [0.29, 0.717) is 18.3 Å². The van der Waals surface area contributed by atoms with Crippen molar-refractivity contribution in [2.75, 3.05) is 25.2 Å². The maximum absolute atomic E-state index is 12.7. The fourth-order valence-electron chi connectivity index (χ4n) is 3.70. The number of carbonyl (C=O) groups is 1. The van der Waals surface area contributed by atoms with Crippen LogP contribution >= 0.6 is 0 Å². The zero-order valence-electron chi connectivity index (χ0n) is 17.0. The molecule has 1 atom stereocenters. The van der Waals surface area contributed by atoms with Crippen LogP contribution in [0.15, 0.2) is 42.5 Å². The lowest BCUT2D eigenvalue weighted by Crippen LogP contribution is -2.45. The van der Waals surface area contributed by atoms with Crippen LogP contribution in [0.2, 0.25) is 0 Å². The summed E-state index contributed by atoms with van der Waals surface area (Å²) in [5.74, 6) is 3.06. The molecule has 0 aliphatic carbocycles. The summed E-state index contributed by atoms with van der Waals surface area (Å²) in [6, 6.07) is 13.3. The number of carbonyl (C=O) groups excluding carboxylic acids is 1. The van der Waals surface area contributed by atoms with Gasteiger partial charge < -0.3 is 24.4 Å². The van der Waals surface area contributed by atoms with Crippen LogP contribution in [0.5, 0.6) is 17.2 Å². The van der Waals surface area contributed by atoms with Crippen LogP contribution in [-0.4, -0.2) is 36.7 Å². The molecule has 2 aliphatic rings. The number of hydrogen-bond acceptors (Lipinski definition) is 5. The molecule has 6 nitrogen and oxygen atoms in total. The molecule has 0 bridgehead atoms. The van der Waals surface area contributed by atoms with Crippen LogP contribution in [-0.2, 0) is 11.4 Å². The van der Waals surface area contributed by atoms with Gasteiger partial charge in [0.1, 0.15) is 18.4 Å². The second-order valence-electron chi connectivity index (χ2n) is 7.88. The molecule has 0 spiro atoms. The molecular formula is C23H28N2O4. The third-order valence-electron chi connectivity index (χ3n) is 5.53. The number of benzene rings is 2. The third kappa shape index (κ3) is 4.75.